The average Bonchev–Trinajstić information content (AvgIpc) is 3.04. The van der Waals surface area contributed by atoms with Crippen LogP contribution in [0.2, 0.25) is 0 Å². The third kappa shape index (κ3) is 10.0. The number of rotatable bonds is 17. The van der Waals surface area contributed by atoms with E-state index in [1.165, 1.54) is 35.7 Å². The van der Waals surface area contributed by atoms with E-state index in [0.29, 0.717) is 24.9 Å². The normalized spacial score (nSPS) is 12.9. The van der Waals surface area contributed by atoms with E-state index in [2.05, 4.69) is 10.6 Å². The fourth-order valence-corrected chi connectivity index (χ4v) is 6.84. The number of carbonyl (C=O) groups is 3. The first-order valence-corrected chi connectivity index (χ1v) is 16.8. The van der Waals surface area contributed by atoms with Crippen molar-refractivity contribution in [3.63, 3.8) is 0 Å². The van der Waals surface area contributed by atoms with Gasteiger partial charge in [0.2, 0.25) is 21.8 Å². The van der Waals surface area contributed by atoms with Gasteiger partial charge in [-0.25, -0.2) is 13.2 Å². The molecule has 3 amide bonds. The maximum Gasteiger partial charge on any atom is 0.407 e. The molecule has 1 unspecified atom stereocenters. The van der Waals surface area contributed by atoms with Gasteiger partial charge in [-0.2, -0.15) is 4.31 Å². The number of anilines is 1. The van der Waals surface area contributed by atoms with Crippen molar-refractivity contribution in [2.24, 2.45) is 11.7 Å². The minimum atomic E-state index is -4.05. The van der Waals surface area contributed by atoms with Gasteiger partial charge in [0.1, 0.15) is 12.1 Å². The van der Waals surface area contributed by atoms with Crippen LogP contribution in [0.25, 0.3) is 0 Å². The fourth-order valence-electron chi connectivity index (χ4n) is 5.20. The lowest BCUT2D eigenvalue weighted by atomic mass is 9.84. The number of hydrogen-bond donors (Lipinski definition) is 4. The smallest absolute Gasteiger partial charge is 0.407 e. The molecule has 0 heterocycles. The molecule has 0 saturated heterocycles. The van der Waals surface area contributed by atoms with Crippen molar-refractivity contribution in [1.82, 2.24) is 14.9 Å². The molecular formula is C34H45N5O6S. The van der Waals surface area contributed by atoms with Gasteiger partial charge in [0.15, 0.2) is 0 Å². The summed E-state index contributed by atoms with van der Waals surface area (Å²) in [6, 6.07) is 22.5. The number of primary amides is 1. The summed E-state index contributed by atoms with van der Waals surface area (Å²) in [6.07, 6.45) is 0.788. The summed E-state index contributed by atoms with van der Waals surface area (Å²) in [5, 5.41) is 5.59. The zero-order valence-electron chi connectivity index (χ0n) is 26.6. The summed E-state index contributed by atoms with van der Waals surface area (Å²) < 4.78 is 33.3. The monoisotopic (exact) mass is 651 g/mol. The number of amides is 3. The zero-order chi connectivity index (χ0) is 33.7. The number of ether oxygens (including phenoxy) is 1. The second-order valence-electron chi connectivity index (χ2n) is 11.5. The Bertz CT molecular complexity index is 1480. The van der Waals surface area contributed by atoms with E-state index in [0.717, 1.165) is 11.1 Å². The first-order valence-electron chi connectivity index (χ1n) is 15.3. The van der Waals surface area contributed by atoms with E-state index in [-0.39, 0.29) is 30.3 Å². The molecule has 0 fully saturated rings. The number of nitrogens with one attached hydrogen (secondary N) is 2. The number of sulfonamides is 1. The summed E-state index contributed by atoms with van der Waals surface area (Å²) in [4.78, 5) is 38.6. The number of carbonyl (C=O) groups excluding carboxylic acids is 3. The molecule has 6 N–H and O–H groups in total. The van der Waals surface area contributed by atoms with Crippen LogP contribution in [0.5, 0.6) is 0 Å². The molecule has 0 bridgehead atoms. The summed E-state index contributed by atoms with van der Waals surface area (Å²) in [6.45, 7) is 4.28. The minimum Gasteiger partial charge on any atom is -0.453 e. The highest BCUT2D eigenvalue weighted by molar-refractivity contribution is 7.89. The highest BCUT2D eigenvalue weighted by Crippen LogP contribution is 2.29. The lowest BCUT2D eigenvalue weighted by Crippen LogP contribution is -2.50. The molecule has 0 aliphatic rings. The number of nitrogens with zero attached hydrogens (tertiary/aromatic N) is 1. The number of nitrogen functional groups attached to an aromatic ring is 1. The van der Waals surface area contributed by atoms with E-state index in [4.69, 9.17) is 16.2 Å². The summed E-state index contributed by atoms with van der Waals surface area (Å²) >= 11 is 0. The van der Waals surface area contributed by atoms with Crippen molar-refractivity contribution in [1.29, 1.82) is 0 Å². The predicted octanol–water partition coefficient (Wildman–Crippen LogP) is 4.00. The average molecular weight is 652 g/mol. The van der Waals surface area contributed by atoms with Gasteiger partial charge in [0.05, 0.1) is 12.0 Å². The van der Waals surface area contributed by atoms with Crippen LogP contribution in [-0.4, -0.2) is 62.9 Å². The Kier molecular flexibility index (Phi) is 13.6. The van der Waals surface area contributed by atoms with Crippen LogP contribution in [0.1, 0.15) is 56.6 Å². The molecule has 11 nitrogen and oxygen atoms in total. The molecule has 0 spiro atoms. The van der Waals surface area contributed by atoms with Crippen molar-refractivity contribution < 1.29 is 27.5 Å². The second-order valence-corrected chi connectivity index (χ2v) is 13.4. The summed E-state index contributed by atoms with van der Waals surface area (Å²) in [5.74, 6) is -1.48. The molecule has 3 aromatic rings. The van der Waals surface area contributed by atoms with Gasteiger partial charge in [-0.15, -0.1) is 0 Å². The molecular weight excluding hydrogens is 606 g/mol. The SMILES string of the molecule is COC(=O)N[C@H](C(=O)NCCCCC(C(N)=O)N(CCC(C)C)S(=O)(=O)c1ccc(N)cc1)C(c1ccccc1)c1ccccc1. The van der Waals surface area contributed by atoms with E-state index in [1.807, 2.05) is 74.5 Å². The number of unbranched alkanes of at least 4 members (excludes halogenated alkanes) is 1. The molecule has 0 aromatic heterocycles. The van der Waals surface area contributed by atoms with Crippen molar-refractivity contribution in [2.75, 3.05) is 25.9 Å². The van der Waals surface area contributed by atoms with Crippen molar-refractivity contribution in [2.45, 2.75) is 62.4 Å². The number of alkyl carbamates (subject to hydrolysis) is 1. The van der Waals surface area contributed by atoms with Gasteiger partial charge < -0.3 is 26.8 Å². The van der Waals surface area contributed by atoms with Crippen molar-refractivity contribution in [3.8, 4) is 0 Å². The largest absolute Gasteiger partial charge is 0.453 e. The van der Waals surface area contributed by atoms with Crippen LogP contribution in [0.15, 0.2) is 89.8 Å². The van der Waals surface area contributed by atoms with Gasteiger partial charge in [0.25, 0.3) is 0 Å². The highest BCUT2D eigenvalue weighted by atomic mass is 32.2. The molecule has 12 heteroatoms. The Hall–Kier alpha value is -4.42. The highest BCUT2D eigenvalue weighted by Gasteiger charge is 2.35. The Morgan fingerprint density at radius 3 is 1.91 bits per heavy atom. The number of nitrogens with two attached hydrogens (primary N) is 2. The van der Waals surface area contributed by atoms with E-state index >= 15 is 0 Å². The van der Waals surface area contributed by atoms with Crippen LogP contribution in [0.3, 0.4) is 0 Å². The lowest BCUT2D eigenvalue weighted by molar-refractivity contribution is -0.123. The first kappa shape index (κ1) is 36.1. The van der Waals surface area contributed by atoms with Gasteiger partial charge in [-0.1, -0.05) is 74.5 Å². The van der Waals surface area contributed by atoms with Gasteiger partial charge >= 0.3 is 6.09 Å². The minimum absolute atomic E-state index is 0.0273. The van der Waals surface area contributed by atoms with E-state index < -0.39 is 45.9 Å². The maximum absolute atomic E-state index is 13.6. The standard InChI is InChI=1S/C34H45N5O6S/c1-24(2)21-23-39(46(43,44)28-19-17-27(35)18-20-28)29(32(36)40)16-10-11-22-37-33(41)31(38-34(42)45-3)30(25-12-6-4-7-13-25)26-14-8-5-9-15-26/h4-9,12-15,17-20,24,29-31H,10-11,16,21-23,35H2,1-3H3,(H2,36,40)(H,37,41)(H,38,42)/t29?,31-/m0/s1. The Morgan fingerprint density at radius 2 is 1.41 bits per heavy atom. The summed E-state index contributed by atoms with van der Waals surface area (Å²) in [7, 11) is -2.81. The molecule has 0 aliphatic heterocycles. The molecule has 2 atom stereocenters. The molecule has 3 aromatic carbocycles. The van der Waals surface area contributed by atoms with Crippen LogP contribution < -0.4 is 22.1 Å². The van der Waals surface area contributed by atoms with E-state index in [9.17, 15) is 22.8 Å². The third-order valence-corrected chi connectivity index (χ3v) is 9.61. The fraction of sp³-hybridized carbons (Fsp3) is 0.382. The maximum atomic E-state index is 13.6. The predicted molar refractivity (Wildman–Crippen MR) is 178 cm³/mol. The molecule has 0 aliphatic carbocycles. The molecule has 3 rings (SSSR count). The molecule has 46 heavy (non-hydrogen) atoms. The van der Waals surface area contributed by atoms with Crippen molar-refractivity contribution in [3.05, 3.63) is 96.1 Å². The Labute approximate surface area is 271 Å². The Morgan fingerprint density at radius 1 is 0.848 bits per heavy atom. The van der Waals surface area contributed by atoms with E-state index in [1.54, 1.807) is 0 Å². The van der Waals surface area contributed by atoms with Gasteiger partial charge in [-0.05, 0) is 67.0 Å². The van der Waals surface area contributed by atoms with Crippen LogP contribution in [0.4, 0.5) is 10.5 Å². The molecule has 0 saturated carbocycles. The zero-order valence-corrected chi connectivity index (χ0v) is 27.4. The molecule has 0 radical (unpaired) electrons. The molecule has 248 valence electrons. The Balaban J connectivity index is 1.74. The second kappa shape index (κ2) is 17.3. The number of benzene rings is 3. The van der Waals surface area contributed by atoms with Crippen molar-refractivity contribution >= 4 is 33.6 Å². The first-order chi connectivity index (χ1) is 21.9. The number of methoxy groups -OCH3 is 1. The van der Waals surface area contributed by atoms with Crippen LogP contribution in [0, 0.1) is 5.92 Å². The van der Waals surface area contributed by atoms with Crippen LogP contribution in [-0.2, 0) is 24.3 Å². The van der Waals surface area contributed by atoms with Gasteiger partial charge in [-0.3, -0.25) is 9.59 Å². The number of hydrogen-bond acceptors (Lipinski definition) is 7. The topological polar surface area (TPSA) is 174 Å². The third-order valence-electron chi connectivity index (χ3n) is 7.69. The lowest BCUT2D eigenvalue weighted by Gasteiger charge is -2.30. The van der Waals surface area contributed by atoms with Crippen LogP contribution >= 0.6 is 0 Å². The van der Waals surface area contributed by atoms with Gasteiger partial charge in [0, 0.05) is 24.7 Å². The quantitative estimate of drug-likeness (QED) is 0.126. The summed E-state index contributed by atoms with van der Waals surface area (Å²) in [5.41, 5.74) is 13.6.